The molecule has 0 fully saturated rings. The lowest BCUT2D eigenvalue weighted by Crippen LogP contribution is -2.59. The summed E-state index contributed by atoms with van der Waals surface area (Å²) in [5, 5.41) is 20.6. The standard InChI is InChI=1S/C32H53N5O6S/c1-8-21(6)27(32(42)43)37-31(41)26(17-20(4)5)36-30(40)25(16-19(2)3)35-29(39)24(14-15-44-7)34-28(38)23(33)18-22-12-10-9-11-13-22/h9-13,19-21,23-27H,8,14-18,33H2,1-7H3,(H,34,38)(H,35,39)(H,36,40)(H,37,41)(H,42,43)/t21-,23-,24-,25-,26-,27-/m0/s1. The number of amides is 4. The van der Waals surface area contributed by atoms with E-state index in [0.29, 0.717) is 25.0 Å². The third-order valence-electron chi connectivity index (χ3n) is 7.34. The van der Waals surface area contributed by atoms with Gasteiger partial charge in [0.05, 0.1) is 6.04 Å². The molecule has 11 nitrogen and oxygen atoms in total. The minimum atomic E-state index is -1.14. The van der Waals surface area contributed by atoms with Crippen molar-refractivity contribution in [2.45, 2.75) is 104 Å². The fraction of sp³-hybridized carbons (Fsp3) is 0.656. The Morgan fingerprint density at radius 3 is 1.70 bits per heavy atom. The highest BCUT2D eigenvalue weighted by molar-refractivity contribution is 7.98. The van der Waals surface area contributed by atoms with Crippen LogP contribution in [-0.4, -0.2) is 76.9 Å². The average molecular weight is 636 g/mol. The fourth-order valence-corrected chi connectivity index (χ4v) is 5.10. The van der Waals surface area contributed by atoms with Crippen molar-refractivity contribution in [2.24, 2.45) is 23.5 Å². The molecule has 44 heavy (non-hydrogen) atoms. The van der Waals surface area contributed by atoms with Crippen molar-refractivity contribution in [3.8, 4) is 0 Å². The summed E-state index contributed by atoms with van der Waals surface area (Å²) in [7, 11) is 0. The van der Waals surface area contributed by atoms with Crippen LogP contribution in [0.25, 0.3) is 0 Å². The molecule has 7 N–H and O–H groups in total. The zero-order valence-corrected chi connectivity index (χ0v) is 28.0. The van der Waals surface area contributed by atoms with Gasteiger partial charge in [-0.2, -0.15) is 11.8 Å². The summed E-state index contributed by atoms with van der Waals surface area (Å²) in [4.78, 5) is 65.0. The molecule has 1 rings (SSSR count). The van der Waals surface area contributed by atoms with Crippen molar-refractivity contribution in [1.29, 1.82) is 0 Å². The van der Waals surface area contributed by atoms with Crippen molar-refractivity contribution in [2.75, 3.05) is 12.0 Å². The number of benzene rings is 1. The van der Waals surface area contributed by atoms with Gasteiger partial charge in [-0.3, -0.25) is 19.2 Å². The number of thioether (sulfide) groups is 1. The highest BCUT2D eigenvalue weighted by atomic mass is 32.2. The molecule has 0 saturated carbocycles. The molecule has 0 aliphatic heterocycles. The summed E-state index contributed by atoms with van der Waals surface area (Å²) in [5.74, 6) is -2.97. The molecular formula is C32H53N5O6S. The third kappa shape index (κ3) is 14.1. The maximum atomic E-state index is 13.6. The van der Waals surface area contributed by atoms with Gasteiger partial charge in [0.15, 0.2) is 0 Å². The summed E-state index contributed by atoms with van der Waals surface area (Å²) in [6.07, 6.45) is 3.64. The molecule has 0 aliphatic rings. The lowest BCUT2D eigenvalue weighted by molar-refractivity contribution is -0.144. The van der Waals surface area contributed by atoms with E-state index in [1.807, 2.05) is 71.2 Å². The molecule has 0 heterocycles. The van der Waals surface area contributed by atoms with Gasteiger partial charge in [-0.05, 0) is 61.0 Å². The Kier molecular flexibility index (Phi) is 17.7. The summed E-state index contributed by atoms with van der Waals surface area (Å²) in [6.45, 7) is 11.2. The molecule has 0 aliphatic carbocycles. The van der Waals surface area contributed by atoms with Gasteiger partial charge in [-0.1, -0.05) is 78.3 Å². The van der Waals surface area contributed by atoms with Gasteiger partial charge in [-0.25, -0.2) is 4.79 Å². The van der Waals surface area contributed by atoms with Crippen LogP contribution in [0, 0.1) is 17.8 Å². The van der Waals surface area contributed by atoms with Crippen LogP contribution in [0.4, 0.5) is 0 Å². The van der Waals surface area contributed by atoms with Crippen molar-refractivity contribution in [3.05, 3.63) is 35.9 Å². The smallest absolute Gasteiger partial charge is 0.326 e. The lowest BCUT2D eigenvalue weighted by Gasteiger charge is -2.28. The predicted octanol–water partition coefficient (Wildman–Crippen LogP) is 2.47. The SMILES string of the molecule is CC[C@H](C)[C@H](NC(=O)[C@H](CC(C)C)NC(=O)[C@H](CC(C)C)NC(=O)[C@H](CCSC)NC(=O)[C@@H](N)Cc1ccccc1)C(=O)O. The number of aliphatic carboxylic acids is 1. The zero-order chi connectivity index (χ0) is 33.4. The van der Waals surface area contributed by atoms with Gasteiger partial charge in [-0.15, -0.1) is 0 Å². The molecule has 0 spiro atoms. The number of nitrogens with two attached hydrogens (primary N) is 1. The minimum Gasteiger partial charge on any atom is -0.480 e. The number of carboxylic acid groups (broad SMARTS) is 1. The van der Waals surface area contributed by atoms with Crippen LogP contribution in [0.15, 0.2) is 30.3 Å². The second-order valence-corrected chi connectivity index (χ2v) is 13.2. The Morgan fingerprint density at radius 2 is 1.25 bits per heavy atom. The molecule has 6 atom stereocenters. The van der Waals surface area contributed by atoms with Crippen LogP contribution in [-0.2, 0) is 30.4 Å². The summed E-state index contributed by atoms with van der Waals surface area (Å²) in [6, 6.07) is 4.49. The van der Waals surface area contributed by atoms with Crippen LogP contribution >= 0.6 is 11.8 Å². The fourth-order valence-electron chi connectivity index (χ4n) is 4.63. The van der Waals surface area contributed by atoms with E-state index in [4.69, 9.17) is 5.73 Å². The first-order chi connectivity index (χ1) is 20.7. The number of carboxylic acids is 1. The van der Waals surface area contributed by atoms with Gasteiger partial charge >= 0.3 is 5.97 Å². The largest absolute Gasteiger partial charge is 0.480 e. The molecular weight excluding hydrogens is 582 g/mol. The van der Waals surface area contributed by atoms with E-state index >= 15 is 0 Å². The molecule has 0 radical (unpaired) electrons. The van der Waals surface area contributed by atoms with E-state index in [2.05, 4.69) is 21.3 Å². The normalized spacial score (nSPS) is 15.4. The van der Waals surface area contributed by atoms with Crippen LogP contribution in [0.1, 0.15) is 72.8 Å². The molecule has 0 bridgehead atoms. The van der Waals surface area contributed by atoms with E-state index in [1.165, 1.54) is 11.8 Å². The number of hydrogen-bond acceptors (Lipinski definition) is 7. The first-order valence-electron chi connectivity index (χ1n) is 15.4. The first kappa shape index (κ1) is 38.9. The first-order valence-corrected chi connectivity index (χ1v) is 16.8. The molecule has 0 saturated heterocycles. The van der Waals surface area contributed by atoms with Crippen molar-refractivity contribution in [1.82, 2.24) is 21.3 Å². The Labute approximate surface area is 266 Å². The van der Waals surface area contributed by atoms with Gasteiger partial charge < -0.3 is 32.1 Å². The molecule has 1 aromatic carbocycles. The Hall–Kier alpha value is -3.12. The molecule has 4 amide bonds. The second-order valence-electron chi connectivity index (χ2n) is 12.2. The lowest BCUT2D eigenvalue weighted by atomic mass is 9.97. The maximum absolute atomic E-state index is 13.6. The van der Waals surface area contributed by atoms with E-state index in [1.54, 1.807) is 6.92 Å². The Morgan fingerprint density at radius 1 is 0.773 bits per heavy atom. The molecule has 12 heteroatoms. The van der Waals surface area contributed by atoms with Crippen LogP contribution in [0.5, 0.6) is 0 Å². The Bertz CT molecular complexity index is 1070. The topological polar surface area (TPSA) is 180 Å². The van der Waals surface area contributed by atoms with E-state index in [9.17, 15) is 29.1 Å². The Balaban J connectivity index is 3.10. The molecule has 248 valence electrons. The molecule has 0 unspecified atom stereocenters. The summed E-state index contributed by atoms with van der Waals surface area (Å²) in [5.41, 5.74) is 7.05. The van der Waals surface area contributed by atoms with Gasteiger partial charge in [0.1, 0.15) is 24.2 Å². The van der Waals surface area contributed by atoms with Crippen LogP contribution in [0.3, 0.4) is 0 Å². The quantitative estimate of drug-likeness (QED) is 0.126. The monoisotopic (exact) mass is 635 g/mol. The number of carbonyl (C=O) groups is 5. The summed E-state index contributed by atoms with van der Waals surface area (Å²) >= 11 is 1.52. The van der Waals surface area contributed by atoms with Gasteiger partial charge in [0.2, 0.25) is 23.6 Å². The number of carbonyl (C=O) groups excluding carboxylic acids is 4. The number of rotatable bonds is 20. The minimum absolute atomic E-state index is 0.0160. The van der Waals surface area contributed by atoms with Crippen molar-refractivity contribution in [3.63, 3.8) is 0 Å². The maximum Gasteiger partial charge on any atom is 0.326 e. The summed E-state index contributed by atoms with van der Waals surface area (Å²) < 4.78 is 0. The molecule has 1 aromatic rings. The number of hydrogen-bond donors (Lipinski definition) is 6. The van der Waals surface area contributed by atoms with Crippen LogP contribution in [0.2, 0.25) is 0 Å². The highest BCUT2D eigenvalue weighted by Crippen LogP contribution is 2.13. The third-order valence-corrected chi connectivity index (χ3v) is 7.98. The van der Waals surface area contributed by atoms with Gasteiger partial charge in [0, 0.05) is 0 Å². The second kappa shape index (κ2) is 20.0. The van der Waals surface area contributed by atoms with E-state index in [-0.39, 0.29) is 30.6 Å². The van der Waals surface area contributed by atoms with Gasteiger partial charge in [0.25, 0.3) is 0 Å². The van der Waals surface area contributed by atoms with Crippen LogP contribution < -0.4 is 27.0 Å². The van der Waals surface area contributed by atoms with Crippen molar-refractivity contribution >= 4 is 41.4 Å². The highest BCUT2D eigenvalue weighted by Gasteiger charge is 2.33. The average Bonchev–Trinajstić information content (AvgIpc) is 2.96. The number of nitrogens with one attached hydrogen (secondary N) is 4. The zero-order valence-electron chi connectivity index (χ0n) is 27.2. The van der Waals surface area contributed by atoms with E-state index < -0.39 is 59.8 Å². The van der Waals surface area contributed by atoms with Crippen molar-refractivity contribution < 1.29 is 29.1 Å². The predicted molar refractivity (Wildman–Crippen MR) is 175 cm³/mol. The van der Waals surface area contributed by atoms with E-state index in [0.717, 1.165) is 5.56 Å². The molecule has 0 aromatic heterocycles.